The first kappa shape index (κ1) is 48.3. The van der Waals surface area contributed by atoms with E-state index in [1.54, 1.807) is 159 Å². The number of anilines is 2. The summed E-state index contributed by atoms with van der Waals surface area (Å²) in [6, 6.07) is 29.3. The van der Waals surface area contributed by atoms with Crippen molar-refractivity contribution in [2.45, 2.75) is 33.2 Å². The number of ether oxygens (including phenoxy) is 3. The Labute approximate surface area is 381 Å². The quantitative estimate of drug-likeness (QED) is 0.0787. The van der Waals surface area contributed by atoms with Gasteiger partial charge in [-0.05, 0) is 76.2 Å². The number of carbonyl (C=O) groups excluding carboxylic acids is 5. The number of halogens is 1. The molecule has 0 spiro atoms. The van der Waals surface area contributed by atoms with Crippen LogP contribution in [0.3, 0.4) is 0 Å². The number of para-hydroxylation sites is 3. The van der Waals surface area contributed by atoms with Gasteiger partial charge in [0.15, 0.2) is 0 Å². The number of nitrogens with zero attached hydrogens (tertiary/aromatic N) is 7. The number of carbonyl (C=O) groups is 5. The Kier molecular flexibility index (Phi) is 16.0. The molecule has 0 aliphatic carbocycles. The number of aromatic nitrogens is 4. The first-order valence-electron chi connectivity index (χ1n) is 20.4. The zero-order valence-electron chi connectivity index (χ0n) is 37.4. The van der Waals surface area contributed by atoms with Crippen LogP contribution in [0.4, 0.5) is 21.0 Å². The van der Waals surface area contributed by atoms with Crippen LogP contribution in [0.1, 0.15) is 48.4 Å². The lowest BCUT2D eigenvalue weighted by Gasteiger charge is -2.35. The molecular weight excluding hydrogens is 852 g/mol. The second-order valence-corrected chi connectivity index (χ2v) is 15.4. The number of aryl methyl sites for hydroxylation is 2. The van der Waals surface area contributed by atoms with Crippen molar-refractivity contribution < 1.29 is 38.2 Å². The molecule has 0 bridgehead atoms. The fourth-order valence-electron chi connectivity index (χ4n) is 6.37. The minimum absolute atomic E-state index is 0.00880. The molecule has 7 aromatic rings. The van der Waals surface area contributed by atoms with Gasteiger partial charge in [0.1, 0.15) is 34.1 Å². The Morgan fingerprint density at radius 1 is 0.646 bits per heavy atom. The molecule has 0 unspecified atom stereocenters. The Hall–Kier alpha value is -7.72. The molecule has 0 aliphatic heterocycles. The van der Waals surface area contributed by atoms with Crippen LogP contribution in [0.25, 0.3) is 22.1 Å². The van der Waals surface area contributed by atoms with Gasteiger partial charge < -0.3 is 38.9 Å². The van der Waals surface area contributed by atoms with Crippen LogP contribution in [-0.4, -0.2) is 90.9 Å². The third kappa shape index (κ3) is 11.9. The van der Waals surface area contributed by atoms with E-state index in [4.69, 9.17) is 26.8 Å². The predicted octanol–water partition coefficient (Wildman–Crippen LogP) is 8.73. The third-order valence-electron chi connectivity index (χ3n) is 10.1. The topological polar surface area (TPSA) is 184 Å². The molecule has 0 atom stereocenters. The van der Waals surface area contributed by atoms with Gasteiger partial charge in [-0.15, -0.1) is 0 Å². The van der Waals surface area contributed by atoms with Crippen LogP contribution in [0.2, 0.25) is 0 Å². The number of nitrogen functional groups attached to an aromatic ring is 1. The first-order valence-corrected chi connectivity index (χ1v) is 20.8. The van der Waals surface area contributed by atoms with Crippen molar-refractivity contribution in [2.75, 3.05) is 37.8 Å². The maximum Gasteiger partial charge on any atom is 0.420 e. The predicted molar refractivity (Wildman–Crippen MR) is 251 cm³/mol. The maximum absolute atomic E-state index is 13.6. The van der Waals surface area contributed by atoms with Gasteiger partial charge in [0.2, 0.25) is 0 Å². The molecule has 0 fully saturated rings. The Morgan fingerprint density at radius 2 is 1.06 bits per heavy atom. The van der Waals surface area contributed by atoms with Gasteiger partial charge in [0, 0.05) is 76.0 Å². The molecular formula is C48H51ClN8O8. The molecule has 17 heteroatoms. The Balaban J connectivity index is 0.000000239. The number of hydrogen-bond acceptors (Lipinski definition) is 11. The van der Waals surface area contributed by atoms with Crippen LogP contribution in [0, 0.1) is 0 Å². The van der Waals surface area contributed by atoms with Crippen molar-refractivity contribution in [2.24, 2.45) is 14.1 Å². The number of benzene rings is 3. The number of hydrogen-bond donors (Lipinski definition) is 1. The number of pyridine rings is 2. The standard InChI is InChI=1S/C29H30N4O5.C12H16N4O.C7H5ClO2/c1-6-31(4)26(34)24-19-32(5)25-23(24)17-20(18-30-25)33(28(36)38-22-15-11-8-12-16-22)29(2,3)27(35)37-21-13-9-7-10-14-21;1-4-15(2)12(17)10-7-16(3)11-9(10)5-8(13)6-14-11;8-7(9)10-6-4-2-1-3-5-6/h7-19H,6H2,1-5H3;5-7H,4,13H2,1-3H3;1-5H. The lowest BCUT2D eigenvalue weighted by molar-refractivity contribution is -0.139. The van der Waals surface area contributed by atoms with Crippen LogP contribution < -0.4 is 24.8 Å². The van der Waals surface area contributed by atoms with E-state index in [0.717, 1.165) is 11.0 Å². The van der Waals surface area contributed by atoms with E-state index in [9.17, 15) is 24.0 Å². The first-order chi connectivity index (χ1) is 31.0. The highest BCUT2D eigenvalue weighted by Crippen LogP contribution is 2.32. The van der Waals surface area contributed by atoms with Gasteiger partial charge in [-0.2, -0.15) is 0 Å². The van der Waals surface area contributed by atoms with Gasteiger partial charge in [-0.3, -0.25) is 14.5 Å². The van der Waals surface area contributed by atoms with Crippen LogP contribution >= 0.6 is 11.6 Å². The highest BCUT2D eigenvalue weighted by molar-refractivity contribution is 6.61. The normalized spacial score (nSPS) is 10.7. The molecule has 65 heavy (non-hydrogen) atoms. The van der Waals surface area contributed by atoms with E-state index >= 15 is 0 Å². The summed E-state index contributed by atoms with van der Waals surface area (Å²) < 4.78 is 19.4. The van der Waals surface area contributed by atoms with Gasteiger partial charge in [-0.25, -0.2) is 24.4 Å². The lowest BCUT2D eigenvalue weighted by atomic mass is 10.0. The lowest BCUT2D eigenvalue weighted by Crippen LogP contribution is -2.56. The third-order valence-corrected chi connectivity index (χ3v) is 10.2. The monoisotopic (exact) mass is 902 g/mol. The number of nitrogens with two attached hydrogens (primary N) is 1. The van der Waals surface area contributed by atoms with Crippen molar-refractivity contribution in [1.82, 2.24) is 28.9 Å². The Bertz CT molecular complexity index is 2780. The summed E-state index contributed by atoms with van der Waals surface area (Å²) in [5.41, 5.74) is 6.63. The summed E-state index contributed by atoms with van der Waals surface area (Å²) in [6.45, 7) is 8.15. The zero-order chi connectivity index (χ0) is 47.4. The summed E-state index contributed by atoms with van der Waals surface area (Å²) in [5, 5.41) is 1.35. The molecule has 0 aliphatic rings. The van der Waals surface area contributed by atoms with Gasteiger partial charge in [0.25, 0.3) is 11.8 Å². The summed E-state index contributed by atoms with van der Waals surface area (Å²) in [7, 11) is 7.15. The number of rotatable bonds is 10. The highest BCUT2D eigenvalue weighted by Gasteiger charge is 2.43. The van der Waals surface area contributed by atoms with E-state index in [0.29, 0.717) is 58.2 Å². The molecule has 7 rings (SSSR count). The van der Waals surface area contributed by atoms with E-state index in [2.05, 4.69) is 14.7 Å². The fraction of sp³-hybridized carbons (Fsp3) is 0.229. The van der Waals surface area contributed by atoms with Crippen LogP contribution in [0.5, 0.6) is 17.2 Å². The van der Waals surface area contributed by atoms with Crippen LogP contribution in [-0.2, 0) is 18.9 Å². The number of fused-ring (bicyclic) bond motifs is 2. The van der Waals surface area contributed by atoms with E-state index in [-0.39, 0.29) is 17.5 Å². The largest absolute Gasteiger partial charge is 0.425 e. The summed E-state index contributed by atoms with van der Waals surface area (Å²) in [4.78, 5) is 75.6. The molecule has 0 saturated carbocycles. The summed E-state index contributed by atoms with van der Waals surface area (Å²) in [5.74, 6) is 0.244. The van der Waals surface area contributed by atoms with E-state index in [1.807, 2.05) is 37.6 Å². The molecule has 338 valence electrons. The van der Waals surface area contributed by atoms with E-state index in [1.165, 1.54) is 11.1 Å². The fourth-order valence-corrected chi connectivity index (χ4v) is 6.46. The van der Waals surface area contributed by atoms with Gasteiger partial charge in [-0.1, -0.05) is 54.6 Å². The van der Waals surface area contributed by atoms with Crippen molar-refractivity contribution in [3.63, 3.8) is 0 Å². The molecule has 2 N–H and O–H groups in total. The molecule has 16 nitrogen and oxygen atoms in total. The SMILES string of the molecule is CCN(C)C(=O)c1cn(C)c2ncc(N(C(=O)Oc3ccccc3)C(C)(C)C(=O)Oc3ccccc3)cc12.CCN(C)C(=O)c1cn(C)c2ncc(N)cc12.O=C(Cl)Oc1ccccc1. The second-order valence-electron chi connectivity index (χ2n) is 15.1. The summed E-state index contributed by atoms with van der Waals surface area (Å²) >= 11 is 4.95. The minimum atomic E-state index is -1.52. The van der Waals surface area contributed by atoms with Gasteiger partial charge >= 0.3 is 17.5 Å². The molecule has 0 radical (unpaired) electrons. The second kappa shape index (κ2) is 21.6. The van der Waals surface area contributed by atoms with Gasteiger partial charge in [0.05, 0.1) is 34.9 Å². The van der Waals surface area contributed by atoms with Crippen molar-refractivity contribution in [3.05, 3.63) is 139 Å². The molecule has 4 aromatic heterocycles. The van der Waals surface area contributed by atoms with Crippen molar-refractivity contribution in [1.29, 1.82) is 0 Å². The molecule has 4 heterocycles. The van der Waals surface area contributed by atoms with Crippen molar-refractivity contribution >= 4 is 74.3 Å². The number of esters is 1. The molecule has 0 saturated heterocycles. The average Bonchev–Trinajstić information content (AvgIpc) is 3.80. The number of amides is 3. The smallest absolute Gasteiger partial charge is 0.420 e. The Morgan fingerprint density at radius 3 is 1.51 bits per heavy atom. The zero-order valence-corrected chi connectivity index (χ0v) is 38.1. The maximum atomic E-state index is 13.6. The highest BCUT2D eigenvalue weighted by atomic mass is 35.5. The van der Waals surface area contributed by atoms with E-state index < -0.39 is 23.0 Å². The van der Waals surface area contributed by atoms with Crippen molar-refractivity contribution in [3.8, 4) is 17.2 Å². The minimum Gasteiger partial charge on any atom is -0.425 e. The molecule has 3 amide bonds. The average molecular weight is 903 g/mol. The van der Waals surface area contributed by atoms with Crippen LogP contribution in [0.15, 0.2) is 128 Å². The molecule has 3 aromatic carbocycles. The summed E-state index contributed by atoms with van der Waals surface area (Å²) in [6.07, 6.45) is 5.77.